The lowest BCUT2D eigenvalue weighted by atomic mass is 9.94. The summed E-state index contributed by atoms with van der Waals surface area (Å²) in [5.41, 5.74) is 1.03. The van der Waals surface area contributed by atoms with E-state index in [1.54, 1.807) is 17.5 Å². The SMILES string of the molecule is CCNC(=NCc1ncc(C(C)(C)C)o1)NCc1sc(C)nc1C. The van der Waals surface area contributed by atoms with Crippen LogP contribution in [0.5, 0.6) is 0 Å². The molecular formula is C17H27N5OS. The molecule has 0 saturated carbocycles. The number of nitrogens with zero attached hydrogens (tertiary/aromatic N) is 3. The number of nitrogens with one attached hydrogen (secondary N) is 2. The van der Waals surface area contributed by atoms with Gasteiger partial charge in [-0.1, -0.05) is 20.8 Å². The normalized spacial score (nSPS) is 12.5. The van der Waals surface area contributed by atoms with Gasteiger partial charge in [0.15, 0.2) is 5.96 Å². The minimum absolute atomic E-state index is 0.0424. The van der Waals surface area contributed by atoms with Crippen LogP contribution in [0.1, 0.15) is 54.9 Å². The van der Waals surface area contributed by atoms with Gasteiger partial charge in [-0.25, -0.2) is 15.0 Å². The average molecular weight is 350 g/mol. The van der Waals surface area contributed by atoms with Gasteiger partial charge in [-0.15, -0.1) is 11.3 Å². The van der Waals surface area contributed by atoms with Gasteiger partial charge >= 0.3 is 0 Å². The van der Waals surface area contributed by atoms with Crippen molar-refractivity contribution in [2.24, 2.45) is 4.99 Å². The fourth-order valence-corrected chi connectivity index (χ4v) is 3.00. The highest BCUT2D eigenvalue weighted by Crippen LogP contribution is 2.22. The Labute approximate surface area is 147 Å². The minimum Gasteiger partial charge on any atom is -0.443 e. The number of oxazole rings is 1. The number of thiazole rings is 1. The molecule has 0 fully saturated rings. The van der Waals surface area contributed by atoms with Crippen molar-refractivity contribution >= 4 is 17.3 Å². The molecule has 2 heterocycles. The third-order valence-electron chi connectivity index (χ3n) is 3.43. The fraction of sp³-hybridized carbons (Fsp3) is 0.588. The molecule has 0 bridgehead atoms. The van der Waals surface area contributed by atoms with Gasteiger partial charge in [-0.3, -0.25) is 0 Å². The number of hydrogen-bond donors (Lipinski definition) is 2. The van der Waals surface area contributed by atoms with Crippen LogP contribution in [-0.4, -0.2) is 22.5 Å². The lowest BCUT2D eigenvalue weighted by molar-refractivity contribution is 0.383. The van der Waals surface area contributed by atoms with Crippen LogP contribution in [0, 0.1) is 13.8 Å². The van der Waals surface area contributed by atoms with Crippen LogP contribution in [0.2, 0.25) is 0 Å². The van der Waals surface area contributed by atoms with E-state index in [1.807, 2.05) is 20.8 Å². The van der Waals surface area contributed by atoms with Crippen molar-refractivity contribution in [3.05, 3.63) is 33.4 Å². The highest BCUT2D eigenvalue weighted by Gasteiger charge is 2.19. The fourth-order valence-electron chi connectivity index (χ4n) is 2.12. The summed E-state index contributed by atoms with van der Waals surface area (Å²) in [4.78, 5) is 14.5. The van der Waals surface area contributed by atoms with Crippen molar-refractivity contribution < 1.29 is 4.42 Å². The quantitative estimate of drug-likeness (QED) is 0.640. The van der Waals surface area contributed by atoms with E-state index in [0.29, 0.717) is 19.0 Å². The molecule has 0 saturated heterocycles. The third kappa shape index (κ3) is 5.06. The lowest BCUT2D eigenvalue weighted by Gasteiger charge is -2.13. The van der Waals surface area contributed by atoms with Gasteiger partial charge in [0.25, 0.3) is 0 Å². The first-order valence-corrected chi connectivity index (χ1v) is 9.01. The zero-order valence-corrected chi connectivity index (χ0v) is 16.2. The van der Waals surface area contributed by atoms with E-state index >= 15 is 0 Å². The Morgan fingerprint density at radius 3 is 2.58 bits per heavy atom. The summed E-state index contributed by atoms with van der Waals surface area (Å²) in [6.45, 7) is 14.3. The summed E-state index contributed by atoms with van der Waals surface area (Å²) in [5, 5.41) is 7.66. The highest BCUT2D eigenvalue weighted by molar-refractivity contribution is 7.11. The summed E-state index contributed by atoms with van der Waals surface area (Å²) >= 11 is 1.71. The molecule has 2 N–H and O–H groups in total. The van der Waals surface area contributed by atoms with Crippen LogP contribution < -0.4 is 10.6 Å². The molecule has 0 unspecified atom stereocenters. The van der Waals surface area contributed by atoms with Crippen LogP contribution in [0.25, 0.3) is 0 Å². The Morgan fingerprint density at radius 1 is 1.29 bits per heavy atom. The maximum atomic E-state index is 5.78. The third-order valence-corrected chi connectivity index (χ3v) is 4.50. The molecule has 0 atom stereocenters. The number of aliphatic imine (C=N–C) groups is 1. The van der Waals surface area contributed by atoms with Crippen LogP contribution in [0.4, 0.5) is 0 Å². The van der Waals surface area contributed by atoms with E-state index in [2.05, 4.69) is 46.4 Å². The smallest absolute Gasteiger partial charge is 0.216 e. The first-order chi connectivity index (χ1) is 11.3. The molecule has 0 aromatic carbocycles. The van der Waals surface area contributed by atoms with E-state index in [4.69, 9.17) is 4.42 Å². The highest BCUT2D eigenvalue weighted by atomic mass is 32.1. The summed E-state index contributed by atoms with van der Waals surface area (Å²) in [7, 11) is 0. The van der Waals surface area contributed by atoms with Gasteiger partial charge in [0.2, 0.25) is 5.89 Å². The molecule has 0 aliphatic rings. The first-order valence-electron chi connectivity index (χ1n) is 8.20. The molecule has 2 rings (SSSR count). The molecule has 0 aliphatic carbocycles. The predicted molar refractivity (Wildman–Crippen MR) is 98.4 cm³/mol. The maximum absolute atomic E-state index is 5.78. The van der Waals surface area contributed by atoms with E-state index < -0.39 is 0 Å². The molecular weight excluding hydrogens is 322 g/mol. The van der Waals surface area contributed by atoms with E-state index in [0.717, 1.165) is 29.0 Å². The van der Waals surface area contributed by atoms with Gasteiger partial charge in [0, 0.05) is 16.8 Å². The summed E-state index contributed by atoms with van der Waals surface area (Å²) in [6.07, 6.45) is 1.79. The number of guanidine groups is 1. The average Bonchev–Trinajstić information content (AvgIpc) is 3.08. The van der Waals surface area contributed by atoms with Crippen molar-refractivity contribution in [3.63, 3.8) is 0 Å². The van der Waals surface area contributed by atoms with Crippen molar-refractivity contribution in [3.8, 4) is 0 Å². The monoisotopic (exact) mass is 349 g/mol. The molecule has 2 aromatic heterocycles. The van der Waals surface area contributed by atoms with Crippen LogP contribution in [0.15, 0.2) is 15.6 Å². The largest absolute Gasteiger partial charge is 0.443 e. The Hall–Kier alpha value is -1.89. The number of aryl methyl sites for hydroxylation is 2. The number of hydrogen-bond acceptors (Lipinski definition) is 5. The lowest BCUT2D eigenvalue weighted by Crippen LogP contribution is -2.36. The Morgan fingerprint density at radius 2 is 2.04 bits per heavy atom. The molecule has 7 heteroatoms. The number of rotatable bonds is 5. The van der Waals surface area contributed by atoms with Gasteiger partial charge in [-0.2, -0.15) is 0 Å². The second-order valence-corrected chi connectivity index (χ2v) is 7.95. The summed E-state index contributed by atoms with van der Waals surface area (Å²) < 4.78 is 5.78. The molecule has 0 amide bonds. The maximum Gasteiger partial charge on any atom is 0.216 e. The van der Waals surface area contributed by atoms with Crippen LogP contribution >= 0.6 is 11.3 Å². The van der Waals surface area contributed by atoms with Gasteiger partial charge < -0.3 is 15.1 Å². The second-order valence-electron chi connectivity index (χ2n) is 6.66. The van der Waals surface area contributed by atoms with Gasteiger partial charge in [0.05, 0.1) is 23.4 Å². The Kier molecular flexibility index (Phi) is 5.99. The summed E-state index contributed by atoms with van der Waals surface area (Å²) in [5.74, 6) is 2.25. The second kappa shape index (κ2) is 7.79. The zero-order chi connectivity index (χ0) is 17.7. The minimum atomic E-state index is -0.0424. The molecule has 0 spiro atoms. The van der Waals surface area contributed by atoms with Crippen molar-refractivity contribution in [2.45, 2.75) is 60.0 Å². The molecule has 0 aliphatic heterocycles. The first kappa shape index (κ1) is 18.4. The molecule has 0 radical (unpaired) electrons. The standard InChI is InChI=1S/C17H27N5OS/c1-7-18-16(20-8-13-11(2)22-12(3)24-13)21-10-15-19-9-14(23-15)17(4,5)6/h9H,7-8,10H2,1-6H3,(H2,18,20,21). The molecule has 2 aromatic rings. The Bertz CT molecular complexity index is 696. The van der Waals surface area contributed by atoms with Crippen LogP contribution in [0.3, 0.4) is 0 Å². The molecule has 6 nitrogen and oxygen atoms in total. The van der Waals surface area contributed by atoms with Crippen molar-refractivity contribution in [1.29, 1.82) is 0 Å². The predicted octanol–water partition coefficient (Wildman–Crippen LogP) is 3.30. The molecule has 132 valence electrons. The zero-order valence-electron chi connectivity index (χ0n) is 15.4. The van der Waals surface area contributed by atoms with Gasteiger partial charge in [-0.05, 0) is 20.8 Å². The molecule has 24 heavy (non-hydrogen) atoms. The van der Waals surface area contributed by atoms with Crippen LogP contribution in [-0.2, 0) is 18.5 Å². The topological polar surface area (TPSA) is 75.3 Å². The van der Waals surface area contributed by atoms with E-state index in [9.17, 15) is 0 Å². The number of aromatic nitrogens is 2. The van der Waals surface area contributed by atoms with Gasteiger partial charge in [0.1, 0.15) is 12.3 Å². The van der Waals surface area contributed by atoms with Crippen molar-refractivity contribution in [1.82, 2.24) is 20.6 Å². The summed E-state index contributed by atoms with van der Waals surface area (Å²) in [6, 6.07) is 0. The van der Waals surface area contributed by atoms with E-state index in [-0.39, 0.29) is 5.41 Å². The van der Waals surface area contributed by atoms with Crippen molar-refractivity contribution in [2.75, 3.05) is 6.54 Å². The van der Waals surface area contributed by atoms with E-state index in [1.165, 1.54) is 4.88 Å². The Balaban J connectivity index is 2.00.